The Morgan fingerprint density at radius 3 is 2.72 bits per heavy atom. The van der Waals surface area contributed by atoms with Crippen LogP contribution in [0.5, 0.6) is 0 Å². The van der Waals surface area contributed by atoms with Gasteiger partial charge >= 0.3 is 0 Å². The van der Waals surface area contributed by atoms with Gasteiger partial charge < -0.3 is 22.1 Å². The van der Waals surface area contributed by atoms with Crippen molar-refractivity contribution < 1.29 is 4.79 Å². The summed E-state index contributed by atoms with van der Waals surface area (Å²) in [6, 6.07) is 11.7. The Kier molecular flexibility index (Phi) is 5.19. The van der Waals surface area contributed by atoms with E-state index in [0.717, 1.165) is 24.1 Å². The standard InChI is InChI=1S/C19H25N5O/c1-12-5-4-6-13(11-12)22-19-14(18(21)25)9-10-17(24-19)23-16-8-3-2-7-15(16)20/h4-6,9-11,15-16H,2-3,7-8,20H2,1H3,(H2,21,25)(H2,22,23,24)/t15-,16?/m0/s1. The molecular formula is C19H25N5O. The van der Waals surface area contributed by atoms with Gasteiger partial charge in [-0.1, -0.05) is 25.0 Å². The molecule has 6 N–H and O–H groups in total. The minimum absolute atomic E-state index is 0.125. The zero-order chi connectivity index (χ0) is 17.8. The minimum Gasteiger partial charge on any atom is -0.366 e. The van der Waals surface area contributed by atoms with Gasteiger partial charge in [-0.3, -0.25) is 4.79 Å². The number of pyridine rings is 1. The molecule has 0 radical (unpaired) electrons. The molecule has 0 aliphatic heterocycles. The number of aryl methyl sites for hydroxylation is 1. The van der Waals surface area contributed by atoms with Crippen molar-refractivity contribution in [2.45, 2.75) is 44.7 Å². The number of primary amides is 1. The van der Waals surface area contributed by atoms with Crippen LogP contribution in [0.3, 0.4) is 0 Å². The molecule has 0 bridgehead atoms. The van der Waals surface area contributed by atoms with Crippen LogP contribution in [0, 0.1) is 6.92 Å². The fraction of sp³-hybridized carbons (Fsp3) is 0.368. The highest BCUT2D eigenvalue weighted by atomic mass is 16.1. The van der Waals surface area contributed by atoms with Crippen molar-refractivity contribution in [2.75, 3.05) is 10.6 Å². The van der Waals surface area contributed by atoms with Gasteiger partial charge in [0, 0.05) is 17.8 Å². The van der Waals surface area contributed by atoms with E-state index < -0.39 is 5.91 Å². The van der Waals surface area contributed by atoms with Crippen LogP contribution in [0.15, 0.2) is 36.4 Å². The summed E-state index contributed by atoms with van der Waals surface area (Å²) < 4.78 is 0. The number of anilines is 3. The van der Waals surface area contributed by atoms with Crippen molar-refractivity contribution in [3.63, 3.8) is 0 Å². The van der Waals surface area contributed by atoms with E-state index in [1.54, 1.807) is 12.1 Å². The first-order valence-corrected chi connectivity index (χ1v) is 8.69. The molecule has 2 atom stereocenters. The molecule has 1 fully saturated rings. The lowest BCUT2D eigenvalue weighted by Gasteiger charge is -2.29. The molecule has 0 spiro atoms. The average molecular weight is 339 g/mol. The average Bonchev–Trinajstić information content (AvgIpc) is 2.57. The summed E-state index contributed by atoms with van der Waals surface area (Å²) >= 11 is 0. The van der Waals surface area contributed by atoms with Crippen LogP contribution in [0.4, 0.5) is 17.3 Å². The molecule has 1 unspecified atom stereocenters. The molecule has 2 aromatic rings. The van der Waals surface area contributed by atoms with Crippen LogP contribution in [0.2, 0.25) is 0 Å². The summed E-state index contributed by atoms with van der Waals surface area (Å²) in [5, 5.41) is 6.61. The minimum atomic E-state index is -0.511. The predicted octanol–water partition coefficient (Wildman–Crippen LogP) is 2.91. The van der Waals surface area contributed by atoms with Crippen molar-refractivity contribution in [3.05, 3.63) is 47.5 Å². The summed E-state index contributed by atoms with van der Waals surface area (Å²) in [7, 11) is 0. The SMILES string of the molecule is Cc1cccc(Nc2nc(NC3CCCC[C@@H]3N)ccc2C(N)=O)c1. The number of nitrogens with zero attached hydrogens (tertiary/aromatic N) is 1. The highest BCUT2D eigenvalue weighted by molar-refractivity contribution is 5.98. The molecule has 3 rings (SSSR count). The van der Waals surface area contributed by atoms with Crippen LogP contribution >= 0.6 is 0 Å². The van der Waals surface area contributed by atoms with Crippen LogP contribution in [-0.2, 0) is 0 Å². The monoisotopic (exact) mass is 339 g/mol. The fourth-order valence-electron chi connectivity index (χ4n) is 3.22. The smallest absolute Gasteiger partial charge is 0.252 e. The molecule has 1 aliphatic rings. The second-order valence-electron chi connectivity index (χ2n) is 6.65. The predicted molar refractivity (Wildman–Crippen MR) is 101 cm³/mol. The second kappa shape index (κ2) is 7.53. The van der Waals surface area contributed by atoms with E-state index in [-0.39, 0.29) is 12.1 Å². The summed E-state index contributed by atoms with van der Waals surface area (Å²) in [6.07, 6.45) is 4.39. The van der Waals surface area contributed by atoms with Gasteiger partial charge in [0.05, 0.1) is 5.56 Å². The quantitative estimate of drug-likeness (QED) is 0.670. The number of carbonyl (C=O) groups is 1. The number of nitrogens with two attached hydrogens (primary N) is 2. The molecule has 132 valence electrons. The normalized spacial score (nSPS) is 20.1. The van der Waals surface area contributed by atoms with E-state index in [2.05, 4.69) is 15.6 Å². The van der Waals surface area contributed by atoms with Crippen molar-refractivity contribution in [1.29, 1.82) is 0 Å². The molecular weight excluding hydrogens is 314 g/mol. The number of carbonyl (C=O) groups excluding carboxylic acids is 1. The van der Waals surface area contributed by atoms with Gasteiger partial charge in [0.15, 0.2) is 0 Å². The van der Waals surface area contributed by atoms with E-state index >= 15 is 0 Å². The fourth-order valence-corrected chi connectivity index (χ4v) is 3.22. The first-order valence-electron chi connectivity index (χ1n) is 8.69. The highest BCUT2D eigenvalue weighted by Gasteiger charge is 2.22. The summed E-state index contributed by atoms with van der Waals surface area (Å²) in [4.78, 5) is 16.3. The highest BCUT2D eigenvalue weighted by Crippen LogP contribution is 2.24. The zero-order valence-electron chi connectivity index (χ0n) is 14.5. The Hall–Kier alpha value is -2.60. The number of benzene rings is 1. The van der Waals surface area contributed by atoms with Crippen LogP contribution in [0.1, 0.15) is 41.6 Å². The first kappa shape index (κ1) is 17.2. The van der Waals surface area contributed by atoms with Crippen LogP contribution in [0.25, 0.3) is 0 Å². The van der Waals surface area contributed by atoms with Gasteiger partial charge in [-0.25, -0.2) is 4.98 Å². The molecule has 1 saturated carbocycles. The van der Waals surface area contributed by atoms with E-state index in [1.165, 1.54) is 12.8 Å². The number of hydrogen-bond donors (Lipinski definition) is 4. The maximum absolute atomic E-state index is 11.7. The third kappa shape index (κ3) is 4.28. The lowest BCUT2D eigenvalue weighted by Crippen LogP contribution is -2.42. The van der Waals surface area contributed by atoms with E-state index in [1.807, 2.05) is 31.2 Å². The molecule has 0 saturated heterocycles. The first-order chi connectivity index (χ1) is 12.0. The van der Waals surface area contributed by atoms with Gasteiger partial charge in [0.25, 0.3) is 5.91 Å². The van der Waals surface area contributed by atoms with Gasteiger partial charge in [0.1, 0.15) is 11.6 Å². The maximum atomic E-state index is 11.7. The van der Waals surface area contributed by atoms with E-state index in [0.29, 0.717) is 17.2 Å². The maximum Gasteiger partial charge on any atom is 0.252 e. The Bertz CT molecular complexity index is 761. The number of amides is 1. The molecule has 1 aromatic heterocycles. The van der Waals surface area contributed by atoms with Gasteiger partial charge in [-0.15, -0.1) is 0 Å². The lowest BCUT2D eigenvalue weighted by molar-refractivity contribution is 0.100. The topological polar surface area (TPSA) is 106 Å². The molecule has 6 heteroatoms. The molecule has 1 aliphatic carbocycles. The van der Waals surface area contributed by atoms with Gasteiger partial charge in [-0.05, 0) is 49.6 Å². The third-order valence-corrected chi connectivity index (χ3v) is 4.59. The third-order valence-electron chi connectivity index (χ3n) is 4.59. The van der Waals surface area contributed by atoms with Gasteiger partial charge in [-0.2, -0.15) is 0 Å². The number of rotatable bonds is 5. The summed E-state index contributed by atoms with van der Waals surface area (Å²) in [5.41, 5.74) is 14.0. The van der Waals surface area contributed by atoms with Gasteiger partial charge in [0.2, 0.25) is 0 Å². The van der Waals surface area contributed by atoms with Crippen molar-refractivity contribution >= 4 is 23.2 Å². The van der Waals surface area contributed by atoms with Crippen LogP contribution < -0.4 is 22.1 Å². The van der Waals surface area contributed by atoms with Crippen molar-refractivity contribution in [3.8, 4) is 0 Å². The molecule has 6 nitrogen and oxygen atoms in total. The van der Waals surface area contributed by atoms with E-state index in [9.17, 15) is 4.79 Å². The largest absolute Gasteiger partial charge is 0.366 e. The number of aromatic nitrogens is 1. The molecule has 1 amide bonds. The molecule has 25 heavy (non-hydrogen) atoms. The Morgan fingerprint density at radius 1 is 1.20 bits per heavy atom. The van der Waals surface area contributed by atoms with Crippen molar-refractivity contribution in [1.82, 2.24) is 4.98 Å². The Labute approximate surface area is 148 Å². The Balaban J connectivity index is 1.85. The van der Waals surface area contributed by atoms with Crippen LogP contribution in [-0.4, -0.2) is 23.0 Å². The van der Waals surface area contributed by atoms with E-state index in [4.69, 9.17) is 11.5 Å². The Morgan fingerprint density at radius 2 is 2.00 bits per heavy atom. The molecule has 1 heterocycles. The zero-order valence-corrected chi connectivity index (χ0v) is 14.5. The number of hydrogen-bond acceptors (Lipinski definition) is 5. The summed E-state index contributed by atoms with van der Waals surface area (Å²) in [5.74, 6) is 0.638. The molecule has 1 aromatic carbocycles. The lowest BCUT2D eigenvalue weighted by atomic mass is 9.91. The second-order valence-corrected chi connectivity index (χ2v) is 6.65. The van der Waals surface area contributed by atoms with Crippen molar-refractivity contribution in [2.24, 2.45) is 11.5 Å². The summed E-state index contributed by atoms with van der Waals surface area (Å²) in [6.45, 7) is 2.01. The number of nitrogens with one attached hydrogen (secondary N) is 2.